The third-order valence-electron chi connectivity index (χ3n) is 1.76. The summed E-state index contributed by atoms with van der Waals surface area (Å²) in [5, 5.41) is 4.15. The molecule has 0 saturated carbocycles. The molecule has 0 atom stereocenters. The molecule has 0 aromatic carbocycles. The zero-order valence-electron chi connectivity index (χ0n) is 8.18. The van der Waals surface area contributed by atoms with Crippen LogP contribution in [0.2, 0.25) is 0 Å². The molecular formula is C9H14N2O2S. The van der Waals surface area contributed by atoms with Crippen LogP contribution in [0, 0.1) is 0 Å². The Morgan fingerprint density at radius 2 is 2.64 bits per heavy atom. The van der Waals surface area contributed by atoms with Gasteiger partial charge in [-0.1, -0.05) is 0 Å². The minimum Gasteiger partial charge on any atom is -0.468 e. The van der Waals surface area contributed by atoms with Gasteiger partial charge in [-0.25, -0.2) is 0 Å². The number of thioether (sulfide) groups is 1. The second-order valence-electron chi connectivity index (χ2n) is 2.66. The largest absolute Gasteiger partial charge is 0.468 e. The summed E-state index contributed by atoms with van der Waals surface area (Å²) in [7, 11) is 0. The lowest BCUT2D eigenvalue weighted by molar-refractivity contribution is -0.128. The first kappa shape index (κ1) is 11.1. The number of hydrogen-bond acceptors (Lipinski definition) is 4. The van der Waals surface area contributed by atoms with E-state index in [2.05, 4.69) is 20.6 Å². The summed E-state index contributed by atoms with van der Waals surface area (Å²) in [6.07, 6.45) is 3.06. The molecule has 14 heavy (non-hydrogen) atoms. The summed E-state index contributed by atoms with van der Waals surface area (Å²) in [4.78, 5) is 9.18. The maximum Gasteiger partial charge on any atom is 0.293 e. The topological polar surface area (TPSA) is 44.1 Å². The van der Waals surface area contributed by atoms with Crippen molar-refractivity contribution in [2.75, 3.05) is 12.4 Å². The second-order valence-corrected chi connectivity index (χ2v) is 3.74. The van der Waals surface area contributed by atoms with Crippen molar-refractivity contribution < 1.29 is 9.53 Å². The maximum atomic E-state index is 9.18. The highest BCUT2D eigenvalue weighted by atomic mass is 32.2. The fraction of sp³-hybridized carbons (Fsp3) is 0.556. The Morgan fingerprint density at radius 3 is 3.21 bits per heavy atom. The van der Waals surface area contributed by atoms with Crippen LogP contribution in [0.1, 0.15) is 12.6 Å². The van der Waals surface area contributed by atoms with E-state index in [4.69, 9.17) is 0 Å². The van der Waals surface area contributed by atoms with Crippen LogP contribution in [0.4, 0.5) is 0 Å². The number of nitrogens with zero attached hydrogens (tertiary/aromatic N) is 2. The van der Waals surface area contributed by atoms with Crippen molar-refractivity contribution in [1.82, 2.24) is 9.78 Å². The number of carbonyl (C=O) groups excluding carboxylic acids is 1. The van der Waals surface area contributed by atoms with Gasteiger partial charge in [-0.15, -0.1) is 11.8 Å². The number of ether oxygens (including phenoxy) is 1. The molecule has 0 aliphatic carbocycles. The first-order valence-electron chi connectivity index (χ1n) is 4.52. The zero-order valence-corrected chi connectivity index (χ0v) is 9.00. The first-order chi connectivity index (χ1) is 6.88. The number of hydrogen-bond donors (Lipinski definition) is 0. The van der Waals surface area contributed by atoms with E-state index < -0.39 is 0 Å². The molecule has 2 rings (SSSR count). The molecule has 2 heterocycles. The minimum atomic E-state index is 0.431. The molecule has 1 aromatic heterocycles. The third kappa shape index (κ3) is 3.41. The van der Waals surface area contributed by atoms with Gasteiger partial charge >= 0.3 is 0 Å². The molecule has 0 unspecified atom stereocenters. The Bertz CT molecular complexity index is 255. The molecule has 4 nitrogen and oxygen atoms in total. The van der Waals surface area contributed by atoms with Crippen LogP contribution in [0.25, 0.3) is 0 Å². The molecule has 5 heteroatoms. The van der Waals surface area contributed by atoms with E-state index in [1.54, 1.807) is 6.92 Å². The van der Waals surface area contributed by atoms with Crippen LogP contribution in [0.5, 0.6) is 0 Å². The van der Waals surface area contributed by atoms with Crippen molar-refractivity contribution in [3.8, 4) is 0 Å². The van der Waals surface area contributed by atoms with Crippen LogP contribution < -0.4 is 0 Å². The van der Waals surface area contributed by atoms with Crippen LogP contribution >= 0.6 is 11.8 Å². The van der Waals surface area contributed by atoms with Gasteiger partial charge in [-0.2, -0.15) is 5.10 Å². The summed E-state index contributed by atoms with van der Waals surface area (Å²) in [6, 6.07) is 2.10. The van der Waals surface area contributed by atoms with Crippen LogP contribution in [-0.4, -0.2) is 28.6 Å². The van der Waals surface area contributed by atoms with Crippen LogP contribution in [0.3, 0.4) is 0 Å². The molecule has 1 aromatic rings. The van der Waals surface area contributed by atoms with E-state index in [-0.39, 0.29) is 0 Å². The third-order valence-corrected chi connectivity index (χ3v) is 2.68. The second kappa shape index (κ2) is 6.48. The Balaban J connectivity index is 0.000000171. The molecule has 1 aliphatic heterocycles. The normalized spacial score (nSPS) is 13.5. The van der Waals surface area contributed by atoms with E-state index in [1.807, 2.05) is 18.0 Å². The van der Waals surface area contributed by atoms with E-state index in [9.17, 15) is 4.79 Å². The van der Waals surface area contributed by atoms with Crippen molar-refractivity contribution in [1.29, 1.82) is 0 Å². The molecule has 0 N–H and O–H groups in total. The first-order valence-corrected chi connectivity index (χ1v) is 5.67. The van der Waals surface area contributed by atoms with Gasteiger partial charge in [0.2, 0.25) is 0 Å². The molecule has 0 spiro atoms. The van der Waals surface area contributed by atoms with Crippen molar-refractivity contribution in [3.63, 3.8) is 0 Å². The van der Waals surface area contributed by atoms with Crippen LogP contribution in [-0.2, 0) is 21.8 Å². The Morgan fingerprint density at radius 1 is 1.79 bits per heavy atom. The van der Waals surface area contributed by atoms with Gasteiger partial charge in [0, 0.05) is 17.6 Å². The fourth-order valence-electron chi connectivity index (χ4n) is 1.08. The average Bonchev–Trinajstić information content (AvgIpc) is 2.67. The van der Waals surface area contributed by atoms with E-state index in [0.717, 1.165) is 5.88 Å². The Kier molecular flexibility index (Phi) is 5.14. The van der Waals surface area contributed by atoms with Crippen molar-refractivity contribution in [2.45, 2.75) is 19.2 Å². The lowest BCUT2D eigenvalue weighted by atomic mass is 10.3. The molecule has 0 saturated heterocycles. The summed E-state index contributed by atoms with van der Waals surface area (Å²) in [6.45, 7) is 2.66. The number of aryl methyl sites for hydroxylation is 1. The van der Waals surface area contributed by atoms with Gasteiger partial charge in [0.1, 0.15) is 0 Å². The summed E-state index contributed by atoms with van der Waals surface area (Å²) in [5.74, 6) is 2.30. The molecular weight excluding hydrogens is 200 g/mol. The minimum absolute atomic E-state index is 0.431. The highest BCUT2D eigenvalue weighted by Gasteiger charge is 2.06. The molecule has 0 radical (unpaired) electrons. The summed E-state index contributed by atoms with van der Waals surface area (Å²) < 4.78 is 6.22. The van der Waals surface area contributed by atoms with Crippen LogP contribution in [0.15, 0.2) is 12.3 Å². The van der Waals surface area contributed by atoms with Crippen molar-refractivity contribution in [3.05, 3.63) is 18.0 Å². The highest BCUT2D eigenvalue weighted by Crippen LogP contribution is 2.15. The van der Waals surface area contributed by atoms with E-state index >= 15 is 0 Å². The molecule has 0 fully saturated rings. The standard InChI is InChI=1S/C6H8N2S.C3H6O2/c1-3-7-8-5-9-4-2-6(1)8;1-2-5-3-4/h1,3H,2,4-5H2;3H,2H2,1H3. The molecule has 78 valence electrons. The average molecular weight is 214 g/mol. The van der Waals surface area contributed by atoms with Crippen molar-refractivity contribution >= 4 is 18.2 Å². The number of rotatable bonds is 2. The summed E-state index contributed by atoms with van der Waals surface area (Å²) >= 11 is 1.94. The fourth-order valence-corrected chi connectivity index (χ4v) is 1.97. The lowest BCUT2D eigenvalue weighted by Gasteiger charge is -2.11. The van der Waals surface area contributed by atoms with Gasteiger partial charge in [-0.05, 0) is 19.4 Å². The maximum absolute atomic E-state index is 9.18. The molecule has 0 amide bonds. The lowest BCUT2D eigenvalue weighted by Crippen LogP contribution is -2.09. The predicted octanol–water partition coefficient (Wildman–Crippen LogP) is 1.31. The molecule has 1 aliphatic rings. The number of carbonyl (C=O) groups is 1. The smallest absolute Gasteiger partial charge is 0.293 e. The van der Waals surface area contributed by atoms with Gasteiger partial charge in [0.15, 0.2) is 0 Å². The SMILES string of the molecule is CCOC=O.c1cc2n(n1)CSCC2. The van der Waals surface area contributed by atoms with Gasteiger partial charge in [0.05, 0.1) is 12.5 Å². The zero-order chi connectivity index (χ0) is 10.2. The van der Waals surface area contributed by atoms with Gasteiger partial charge in [-0.3, -0.25) is 9.48 Å². The van der Waals surface area contributed by atoms with E-state index in [0.29, 0.717) is 13.1 Å². The van der Waals surface area contributed by atoms with E-state index in [1.165, 1.54) is 17.9 Å². The highest BCUT2D eigenvalue weighted by molar-refractivity contribution is 7.98. The monoisotopic (exact) mass is 214 g/mol. The van der Waals surface area contributed by atoms with Gasteiger partial charge in [0.25, 0.3) is 6.47 Å². The quantitative estimate of drug-likeness (QED) is 0.696. The number of aromatic nitrogens is 2. The number of fused-ring (bicyclic) bond motifs is 1. The van der Waals surface area contributed by atoms with Gasteiger partial charge < -0.3 is 4.74 Å². The Hall–Kier alpha value is -0.970. The van der Waals surface area contributed by atoms with Crippen molar-refractivity contribution in [2.24, 2.45) is 0 Å². The predicted molar refractivity (Wildman–Crippen MR) is 56.1 cm³/mol. The Labute approximate surface area is 87.6 Å². The molecule has 0 bridgehead atoms. The summed E-state index contributed by atoms with van der Waals surface area (Å²) in [5.41, 5.74) is 1.38.